The third-order valence-corrected chi connectivity index (χ3v) is 5.39. The number of aryl methyl sites for hydroxylation is 1. The number of hydrogen-bond donors (Lipinski definition) is 0. The van der Waals surface area contributed by atoms with E-state index in [2.05, 4.69) is 41.6 Å². The fourth-order valence-electron chi connectivity index (χ4n) is 2.29. The maximum absolute atomic E-state index is 4.65. The van der Waals surface area contributed by atoms with E-state index in [1.54, 1.807) is 11.3 Å². The predicted octanol–water partition coefficient (Wildman–Crippen LogP) is 4.97. The van der Waals surface area contributed by atoms with Crippen LogP contribution in [-0.2, 0) is 0 Å². The van der Waals surface area contributed by atoms with Crippen molar-refractivity contribution in [1.82, 2.24) is 4.98 Å². The highest BCUT2D eigenvalue weighted by Crippen LogP contribution is 2.39. The van der Waals surface area contributed by atoms with Gasteiger partial charge in [0.25, 0.3) is 0 Å². The van der Waals surface area contributed by atoms with Gasteiger partial charge in [-0.15, -0.1) is 22.7 Å². The van der Waals surface area contributed by atoms with Crippen LogP contribution in [0.3, 0.4) is 0 Å². The van der Waals surface area contributed by atoms with Crippen molar-refractivity contribution in [2.75, 3.05) is 0 Å². The van der Waals surface area contributed by atoms with Gasteiger partial charge in [-0.3, -0.25) is 4.98 Å². The second kappa shape index (κ2) is 3.28. The SMILES string of the molecule is Cc1cccc2c1cnc1c3sccc3sc21. The molecule has 1 nitrogen and oxygen atoms in total. The summed E-state index contributed by atoms with van der Waals surface area (Å²) in [7, 11) is 0. The quantitative estimate of drug-likeness (QED) is 0.432. The molecule has 0 saturated heterocycles. The van der Waals surface area contributed by atoms with Crippen molar-refractivity contribution >= 4 is 53.1 Å². The van der Waals surface area contributed by atoms with Gasteiger partial charge in [-0.05, 0) is 23.9 Å². The average molecular weight is 255 g/mol. The summed E-state index contributed by atoms with van der Waals surface area (Å²) in [6.45, 7) is 2.14. The Morgan fingerprint density at radius 3 is 2.94 bits per heavy atom. The van der Waals surface area contributed by atoms with E-state index in [-0.39, 0.29) is 0 Å². The lowest BCUT2D eigenvalue weighted by atomic mass is 10.1. The summed E-state index contributed by atoms with van der Waals surface area (Å²) in [5.74, 6) is 0. The molecule has 0 aliphatic rings. The Hall–Kier alpha value is -1.45. The summed E-state index contributed by atoms with van der Waals surface area (Å²) < 4.78 is 4.01. The lowest BCUT2D eigenvalue weighted by molar-refractivity contribution is 1.44. The fourth-order valence-corrected chi connectivity index (χ4v) is 4.59. The van der Waals surface area contributed by atoms with E-state index in [1.165, 1.54) is 30.4 Å². The number of fused-ring (bicyclic) bond motifs is 5. The van der Waals surface area contributed by atoms with Crippen molar-refractivity contribution < 1.29 is 0 Å². The molecule has 3 heterocycles. The molecule has 0 aliphatic heterocycles. The van der Waals surface area contributed by atoms with Gasteiger partial charge in [0.1, 0.15) is 0 Å². The first-order chi connectivity index (χ1) is 8.34. The highest BCUT2D eigenvalue weighted by molar-refractivity contribution is 7.32. The molecule has 3 aromatic heterocycles. The van der Waals surface area contributed by atoms with Crippen LogP contribution < -0.4 is 0 Å². The molecule has 0 atom stereocenters. The van der Waals surface area contributed by atoms with Crippen molar-refractivity contribution in [3.8, 4) is 0 Å². The van der Waals surface area contributed by atoms with Gasteiger partial charge in [0.15, 0.2) is 0 Å². The molecule has 0 aliphatic carbocycles. The Morgan fingerprint density at radius 2 is 2.00 bits per heavy atom. The first kappa shape index (κ1) is 9.57. The summed E-state index contributed by atoms with van der Waals surface area (Å²) in [6, 6.07) is 8.66. The van der Waals surface area contributed by atoms with Crippen LogP contribution in [0, 0.1) is 6.92 Å². The van der Waals surface area contributed by atoms with Crippen LogP contribution in [0.4, 0.5) is 0 Å². The number of nitrogens with zero attached hydrogens (tertiary/aromatic N) is 1. The van der Waals surface area contributed by atoms with Crippen molar-refractivity contribution in [1.29, 1.82) is 0 Å². The molecule has 0 unspecified atom stereocenters. The zero-order valence-electron chi connectivity index (χ0n) is 9.23. The number of rotatable bonds is 0. The van der Waals surface area contributed by atoms with Gasteiger partial charge < -0.3 is 0 Å². The van der Waals surface area contributed by atoms with Gasteiger partial charge >= 0.3 is 0 Å². The largest absolute Gasteiger partial charge is 0.253 e. The number of hydrogen-bond acceptors (Lipinski definition) is 3. The van der Waals surface area contributed by atoms with Gasteiger partial charge in [0.2, 0.25) is 0 Å². The molecule has 3 heteroatoms. The highest BCUT2D eigenvalue weighted by atomic mass is 32.1. The molecule has 0 N–H and O–H groups in total. The first-order valence-corrected chi connectivity index (χ1v) is 7.18. The molecule has 0 amide bonds. The van der Waals surface area contributed by atoms with Crippen LogP contribution in [0.1, 0.15) is 5.56 Å². The molecular weight excluding hydrogens is 246 g/mol. The Balaban J connectivity index is 2.34. The van der Waals surface area contributed by atoms with Crippen LogP contribution in [0.25, 0.3) is 30.4 Å². The summed E-state index contributed by atoms with van der Waals surface area (Å²) in [5, 5.41) is 4.75. The molecule has 82 valence electrons. The third-order valence-electron chi connectivity index (χ3n) is 3.16. The lowest BCUT2D eigenvalue weighted by Gasteiger charge is -2.01. The van der Waals surface area contributed by atoms with Crippen molar-refractivity contribution in [2.45, 2.75) is 6.92 Å². The molecule has 0 radical (unpaired) electrons. The summed E-state index contributed by atoms with van der Waals surface area (Å²) >= 11 is 3.64. The van der Waals surface area contributed by atoms with Gasteiger partial charge in [-0.2, -0.15) is 0 Å². The summed E-state index contributed by atoms with van der Waals surface area (Å²) in [6.07, 6.45) is 2.01. The zero-order valence-corrected chi connectivity index (χ0v) is 10.9. The summed E-state index contributed by atoms with van der Waals surface area (Å²) in [4.78, 5) is 4.65. The first-order valence-electron chi connectivity index (χ1n) is 5.48. The minimum Gasteiger partial charge on any atom is -0.253 e. The number of aromatic nitrogens is 1. The second-order valence-electron chi connectivity index (χ2n) is 4.19. The molecule has 0 fully saturated rings. The molecule has 4 aromatic rings. The van der Waals surface area contributed by atoms with Gasteiger partial charge in [0.05, 0.1) is 14.9 Å². The standard InChI is InChI=1S/C14H9NS2/c1-8-3-2-4-9-10(8)7-15-12-13(9)17-11-5-6-16-14(11)12/h2-7H,1H3. The predicted molar refractivity (Wildman–Crippen MR) is 77.2 cm³/mol. The van der Waals surface area contributed by atoms with E-state index in [0.717, 1.165) is 5.52 Å². The maximum atomic E-state index is 4.65. The van der Waals surface area contributed by atoms with Gasteiger partial charge in [-0.1, -0.05) is 18.2 Å². The fraction of sp³-hybridized carbons (Fsp3) is 0.0714. The smallest absolute Gasteiger partial charge is 0.0994 e. The van der Waals surface area contributed by atoms with E-state index in [1.807, 2.05) is 17.5 Å². The second-order valence-corrected chi connectivity index (χ2v) is 6.16. The highest BCUT2D eigenvalue weighted by Gasteiger charge is 2.10. The monoisotopic (exact) mass is 255 g/mol. The van der Waals surface area contributed by atoms with E-state index in [9.17, 15) is 0 Å². The van der Waals surface area contributed by atoms with Gasteiger partial charge in [0, 0.05) is 21.7 Å². The van der Waals surface area contributed by atoms with Gasteiger partial charge in [-0.25, -0.2) is 0 Å². The molecule has 17 heavy (non-hydrogen) atoms. The number of pyridine rings is 1. The normalized spacial score (nSPS) is 11.8. The Kier molecular flexibility index (Phi) is 1.84. The summed E-state index contributed by atoms with van der Waals surface area (Å²) in [5.41, 5.74) is 2.46. The lowest BCUT2D eigenvalue weighted by Crippen LogP contribution is -1.80. The zero-order chi connectivity index (χ0) is 11.4. The third kappa shape index (κ3) is 1.21. The minimum absolute atomic E-state index is 1.16. The Bertz CT molecular complexity index is 854. The topological polar surface area (TPSA) is 12.9 Å². The molecule has 0 bridgehead atoms. The van der Waals surface area contributed by atoms with Crippen LogP contribution in [0.2, 0.25) is 0 Å². The molecular formula is C14H9NS2. The van der Waals surface area contributed by atoms with Crippen LogP contribution >= 0.6 is 22.7 Å². The maximum Gasteiger partial charge on any atom is 0.0994 e. The van der Waals surface area contributed by atoms with Crippen molar-refractivity contribution in [2.24, 2.45) is 0 Å². The molecule has 1 aromatic carbocycles. The van der Waals surface area contributed by atoms with E-state index < -0.39 is 0 Å². The van der Waals surface area contributed by atoms with Crippen LogP contribution in [-0.4, -0.2) is 4.98 Å². The van der Waals surface area contributed by atoms with E-state index in [4.69, 9.17) is 0 Å². The molecule has 0 spiro atoms. The van der Waals surface area contributed by atoms with Crippen molar-refractivity contribution in [3.05, 3.63) is 41.4 Å². The molecule has 4 rings (SSSR count). The molecule has 0 saturated carbocycles. The van der Waals surface area contributed by atoms with E-state index in [0.29, 0.717) is 0 Å². The minimum atomic E-state index is 1.16. The number of thiophene rings is 2. The van der Waals surface area contributed by atoms with E-state index >= 15 is 0 Å². The Morgan fingerprint density at radius 1 is 1.06 bits per heavy atom. The van der Waals surface area contributed by atoms with Crippen LogP contribution in [0.5, 0.6) is 0 Å². The average Bonchev–Trinajstić information content (AvgIpc) is 2.89. The number of benzene rings is 1. The van der Waals surface area contributed by atoms with Crippen LogP contribution in [0.15, 0.2) is 35.8 Å². The van der Waals surface area contributed by atoms with Crippen molar-refractivity contribution in [3.63, 3.8) is 0 Å². The Labute approximate surface area is 106 Å².